The van der Waals surface area contributed by atoms with Gasteiger partial charge in [-0.1, -0.05) is 12.1 Å². The molecular formula is C14H13NO3. The lowest BCUT2D eigenvalue weighted by Crippen LogP contribution is -2.23. The van der Waals surface area contributed by atoms with Gasteiger partial charge in [0.15, 0.2) is 6.29 Å². The van der Waals surface area contributed by atoms with Gasteiger partial charge < -0.3 is 9.32 Å². The van der Waals surface area contributed by atoms with Crippen LogP contribution < -0.4 is 10.5 Å². The molecule has 18 heavy (non-hydrogen) atoms. The van der Waals surface area contributed by atoms with Crippen LogP contribution in [-0.4, -0.2) is 19.4 Å². The molecule has 92 valence electrons. The lowest BCUT2D eigenvalue weighted by atomic mass is 10.1. The van der Waals surface area contributed by atoms with E-state index in [0.717, 1.165) is 37.0 Å². The molecule has 2 heterocycles. The maximum Gasteiger partial charge on any atom is 0.349 e. The predicted octanol–water partition coefficient (Wildman–Crippen LogP) is 2.21. The largest absolute Gasteiger partial charge is 0.422 e. The lowest BCUT2D eigenvalue weighted by Gasteiger charge is -2.20. The third kappa shape index (κ3) is 1.61. The molecule has 0 radical (unpaired) electrons. The Bertz CT molecular complexity index is 654. The van der Waals surface area contributed by atoms with Crippen LogP contribution >= 0.6 is 0 Å². The number of rotatable bonds is 2. The van der Waals surface area contributed by atoms with E-state index >= 15 is 0 Å². The van der Waals surface area contributed by atoms with Crippen LogP contribution in [0.15, 0.2) is 33.5 Å². The normalized spacial score (nSPS) is 15.2. The first-order chi connectivity index (χ1) is 8.81. The molecule has 1 aromatic heterocycles. The lowest BCUT2D eigenvalue weighted by molar-refractivity contribution is 0.112. The van der Waals surface area contributed by atoms with Crippen LogP contribution in [0.1, 0.15) is 23.2 Å². The standard InChI is InChI=1S/C14H13NO3/c16-9-11-13(15-7-3-4-8-15)10-5-1-2-6-12(10)18-14(11)17/h1-2,5-6,9H,3-4,7-8H2. The molecule has 1 fully saturated rings. The highest BCUT2D eigenvalue weighted by atomic mass is 16.4. The van der Waals surface area contributed by atoms with Crippen molar-refractivity contribution in [2.75, 3.05) is 18.0 Å². The summed E-state index contributed by atoms with van der Waals surface area (Å²) in [4.78, 5) is 25.1. The number of para-hydroxylation sites is 1. The Kier molecular flexibility index (Phi) is 2.63. The van der Waals surface area contributed by atoms with Crippen molar-refractivity contribution in [3.05, 3.63) is 40.2 Å². The van der Waals surface area contributed by atoms with Crippen molar-refractivity contribution in [2.24, 2.45) is 0 Å². The highest BCUT2D eigenvalue weighted by Crippen LogP contribution is 2.30. The topological polar surface area (TPSA) is 50.5 Å². The van der Waals surface area contributed by atoms with E-state index in [0.29, 0.717) is 11.9 Å². The van der Waals surface area contributed by atoms with Crippen LogP contribution in [0.4, 0.5) is 5.69 Å². The zero-order valence-electron chi connectivity index (χ0n) is 9.89. The third-order valence-corrected chi connectivity index (χ3v) is 3.36. The Hall–Kier alpha value is -2.10. The zero-order chi connectivity index (χ0) is 12.5. The monoisotopic (exact) mass is 243 g/mol. The average molecular weight is 243 g/mol. The van der Waals surface area contributed by atoms with Crippen molar-refractivity contribution in [1.29, 1.82) is 0 Å². The SMILES string of the molecule is O=Cc1c(N2CCCC2)c2ccccc2oc1=O. The number of carbonyl (C=O) groups is 1. The smallest absolute Gasteiger partial charge is 0.349 e. The van der Waals surface area contributed by atoms with E-state index in [1.165, 1.54) is 0 Å². The van der Waals surface area contributed by atoms with Gasteiger partial charge in [-0.25, -0.2) is 4.79 Å². The molecule has 2 aromatic rings. The van der Waals surface area contributed by atoms with Crippen molar-refractivity contribution < 1.29 is 9.21 Å². The van der Waals surface area contributed by atoms with Crippen molar-refractivity contribution in [2.45, 2.75) is 12.8 Å². The summed E-state index contributed by atoms with van der Waals surface area (Å²) >= 11 is 0. The Morgan fingerprint density at radius 2 is 1.89 bits per heavy atom. The molecule has 1 saturated heterocycles. The molecule has 0 bridgehead atoms. The quantitative estimate of drug-likeness (QED) is 0.599. The van der Waals surface area contributed by atoms with Crippen molar-refractivity contribution in [3.8, 4) is 0 Å². The second-order valence-corrected chi connectivity index (χ2v) is 4.46. The molecule has 0 spiro atoms. The number of hydrogen-bond donors (Lipinski definition) is 0. The minimum absolute atomic E-state index is 0.135. The molecule has 0 saturated carbocycles. The molecule has 4 heteroatoms. The molecule has 3 rings (SSSR count). The van der Waals surface area contributed by atoms with Crippen LogP contribution in [-0.2, 0) is 0 Å². The molecule has 0 amide bonds. The maximum atomic E-state index is 11.8. The van der Waals surface area contributed by atoms with Gasteiger partial charge in [0, 0.05) is 18.5 Å². The van der Waals surface area contributed by atoms with Crippen molar-refractivity contribution >= 4 is 22.9 Å². The molecule has 0 aliphatic carbocycles. The first-order valence-corrected chi connectivity index (χ1v) is 6.07. The number of benzene rings is 1. The molecule has 0 unspecified atom stereocenters. The van der Waals surface area contributed by atoms with Gasteiger partial charge in [0.25, 0.3) is 0 Å². The summed E-state index contributed by atoms with van der Waals surface area (Å²) < 4.78 is 5.17. The summed E-state index contributed by atoms with van der Waals surface area (Å²) in [5.74, 6) is 0. The molecule has 4 nitrogen and oxygen atoms in total. The van der Waals surface area contributed by atoms with Gasteiger partial charge in [-0.15, -0.1) is 0 Å². The minimum atomic E-state index is -0.550. The molecule has 1 aliphatic heterocycles. The Balaban J connectivity index is 2.36. The third-order valence-electron chi connectivity index (χ3n) is 3.36. The maximum absolute atomic E-state index is 11.8. The first-order valence-electron chi connectivity index (χ1n) is 6.07. The van der Waals surface area contributed by atoms with Gasteiger partial charge in [0.05, 0.1) is 5.69 Å². The highest BCUT2D eigenvalue weighted by Gasteiger charge is 2.21. The summed E-state index contributed by atoms with van der Waals surface area (Å²) in [6.45, 7) is 1.77. The molecular weight excluding hydrogens is 230 g/mol. The number of fused-ring (bicyclic) bond motifs is 1. The van der Waals surface area contributed by atoms with E-state index in [1.54, 1.807) is 6.07 Å². The first kappa shape index (κ1) is 11.0. The summed E-state index contributed by atoms with van der Waals surface area (Å²) in [7, 11) is 0. The molecule has 0 N–H and O–H groups in total. The number of carbonyl (C=O) groups excluding carboxylic acids is 1. The predicted molar refractivity (Wildman–Crippen MR) is 69.3 cm³/mol. The van der Waals surface area contributed by atoms with Crippen molar-refractivity contribution in [3.63, 3.8) is 0 Å². The number of nitrogens with zero attached hydrogens (tertiary/aromatic N) is 1. The Morgan fingerprint density at radius 1 is 1.17 bits per heavy atom. The van der Waals surface area contributed by atoms with E-state index in [2.05, 4.69) is 4.90 Å². The van der Waals surface area contributed by atoms with Gasteiger partial charge in [-0.2, -0.15) is 0 Å². The van der Waals surface area contributed by atoms with Gasteiger partial charge in [0.2, 0.25) is 0 Å². The van der Waals surface area contributed by atoms with Crippen molar-refractivity contribution in [1.82, 2.24) is 0 Å². The highest BCUT2D eigenvalue weighted by molar-refractivity contribution is 5.99. The number of anilines is 1. The van der Waals surface area contributed by atoms with Crippen LogP contribution in [0.3, 0.4) is 0 Å². The summed E-state index contributed by atoms with van der Waals surface area (Å²) in [6.07, 6.45) is 2.78. The van der Waals surface area contributed by atoms with Crippen LogP contribution in [0.5, 0.6) is 0 Å². The van der Waals surface area contributed by atoms with E-state index in [9.17, 15) is 9.59 Å². The fraction of sp³-hybridized carbons (Fsp3) is 0.286. The zero-order valence-corrected chi connectivity index (χ0v) is 9.89. The Morgan fingerprint density at radius 3 is 2.61 bits per heavy atom. The van der Waals surface area contributed by atoms with Gasteiger partial charge in [0.1, 0.15) is 11.1 Å². The van der Waals surface area contributed by atoms with E-state index in [4.69, 9.17) is 4.42 Å². The second-order valence-electron chi connectivity index (χ2n) is 4.46. The van der Waals surface area contributed by atoms with E-state index < -0.39 is 5.63 Å². The van der Waals surface area contributed by atoms with Crippen LogP contribution in [0, 0.1) is 0 Å². The summed E-state index contributed by atoms with van der Waals surface area (Å²) in [6, 6.07) is 7.35. The van der Waals surface area contributed by atoms with Gasteiger partial charge >= 0.3 is 5.63 Å². The Labute approximate surface area is 104 Å². The summed E-state index contributed by atoms with van der Waals surface area (Å²) in [5.41, 5.74) is 0.852. The average Bonchev–Trinajstić information content (AvgIpc) is 2.90. The minimum Gasteiger partial charge on any atom is -0.422 e. The fourth-order valence-corrected chi connectivity index (χ4v) is 2.53. The number of hydrogen-bond acceptors (Lipinski definition) is 4. The second kappa shape index (κ2) is 4.29. The molecule has 0 atom stereocenters. The van der Waals surface area contributed by atoms with E-state index in [1.807, 2.05) is 18.2 Å². The molecule has 1 aliphatic rings. The van der Waals surface area contributed by atoms with Gasteiger partial charge in [-0.05, 0) is 25.0 Å². The number of aldehydes is 1. The molecule has 1 aromatic carbocycles. The van der Waals surface area contributed by atoms with Gasteiger partial charge in [-0.3, -0.25) is 4.79 Å². The van der Waals surface area contributed by atoms with Crippen LogP contribution in [0.2, 0.25) is 0 Å². The fourth-order valence-electron chi connectivity index (χ4n) is 2.53. The van der Waals surface area contributed by atoms with E-state index in [-0.39, 0.29) is 5.56 Å². The van der Waals surface area contributed by atoms with Crippen LogP contribution in [0.25, 0.3) is 11.0 Å². The summed E-state index contributed by atoms with van der Waals surface area (Å²) in [5, 5.41) is 0.834.